The summed E-state index contributed by atoms with van der Waals surface area (Å²) in [5, 5.41) is 13.4. The number of nitrogens with one attached hydrogen (secondary N) is 1. The lowest BCUT2D eigenvalue weighted by molar-refractivity contribution is -0.0909. The Bertz CT molecular complexity index is 1860. The number of hydrogen-bond acceptors (Lipinski definition) is 8. The minimum atomic E-state index is -1.97. The second-order valence-electron chi connectivity index (χ2n) is 10.2. The van der Waals surface area contributed by atoms with Gasteiger partial charge in [-0.2, -0.15) is 0 Å². The van der Waals surface area contributed by atoms with Crippen molar-refractivity contribution < 1.29 is 24.1 Å². The molecule has 3 heterocycles. The number of H-pyrrole nitrogens is 1. The van der Waals surface area contributed by atoms with Crippen molar-refractivity contribution in [2.24, 2.45) is 0 Å². The molecule has 3 atom stereocenters. The number of benzene rings is 3. The van der Waals surface area contributed by atoms with E-state index in [-0.39, 0.29) is 11.5 Å². The largest absolute Gasteiger partial charge is 0.497 e. The third-order valence-corrected chi connectivity index (χ3v) is 8.22. The topological polar surface area (TPSA) is 116 Å². The maximum absolute atomic E-state index is 14.1. The van der Waals surface area contributed by atoms with Crippen molar-refractivity contribution in [3.8, 4) is 34.5 Å². The van der Waals surface area contributed by atoms with Gasteiger partial charge in [-0.05, 0) is 29.8 Å². The fourth-order valence-electron chi connectivity index (χ4n) is 6.45. The van der Waals surface area contributed by atoms with Crippen LogP contribution in [0.25, 0.3) is 11.5 Å². The van der Waals surface area contributed by atoms with Gasteiger partial charge in [-0.25, -0.2) is 4.98 Å². The van der Waals surface area contributed by atoms with Crippen LogP contribution in [0.5, 0.6) is 23.0 Å². The number of ether oxygens (including phenoxy) is 4. The summed E-state index contributed by atoms with van der Waals surface area (Å²) < 4.78 is 23.8. The predicted molar refractivity (Wildman–Crippen MR) is 154 cm³/mol. The number of fused-ring (bicyclic) bond motifs is 5. The van der Waals surface area contributed by atoms with Gasteiger partial charge in [0.25, 0.3) is 5.56 Å². The van der Waals surface area contributed by atoms with E-state index in [0.29, 0.717) is 45.4 Å². The molecule has 42 heavy (non-hydrogen) atoms. The molecular weight excluding hydrogens is 534 g/mol. The van der Waals surface area contributed by atoms with Crippen LogP contribution in [0.3, 0.4) is 0 Å². The van der Waals surface area contributed by atoms with E-state index in [2.05, 4.69) is 9.97 Å². The molecule has 2 aromatic heterocycles. The smallest absolute Gasteiger partial charge is 0.255 e. The molecule has 1 aliphatic carbocycles. The molecule has 2 N–H and O–H groups in total. The van der Waals surface area contributed by atoms with Crippen LogP contribution >= 0.6 is 0 Å². The van der Waals surface area contributed by atoms with Gasteiger partial charge in [-0.1, -0.05) is 48.5 Å². The van der Waals surface area contributed by atoms with Gasteiger partial charge in [0.05, 0.1) is 44.1 Å². The van der Waals surface area contributed by atoms with Crippen LogP contribution in [-0.2, 0) is 11.2 Å². The second-order valence-corrected chi connectivity index (χ2v) is 10.2. The molecule has 3 aromatic carbocycles. The summed E-state index contributed by atoms with van der Waals surface area (Å²) in [5.41, 5.74) is -1.28. The lowest BCUT2D eigenvalue weighted by Crippen LogP contribution is -2.49. The molecule has 0 amide bonds. The number of hydrogen-bond donors (Lipinski definition) is 2. The first-order valence-corrected chi connectivity index (χ1v) is 13.4. The van der Waals surface area contributed by atoms with Crippen molar-refractivity contribution in [3.63, 3.8) is 0 Å². The molecule has 9 nitrogen and oxygen atoms in total. The number of nitrogens with zero attached hydrogens (tertiary/aromatic N) is 2. The van der Waals surface area contributed by atoms with E-state index >= 15 is 0 Å². The van der Waals surface area contributed by atoms with Crippen molar-refractivity contribution in [2.75, 3.05) is 21.3 Å². The van der Waals surface area contributed by atoms with E-state index in [1.54, 1.807) is 56.8 Å². The summed E-state index contributed by atoms with van der Waals surface area (Å²) in [7, 11) is 4.65. The van der Waals surface area contributed by atoms with Crippen molar-refractivity contribution in [3.05, 3.63) is 129 Å². The van der Waals surface area contributed by atoms with Gasteiger partial charge in [0.15, 0.2) is 17.0 Å². The highest BCUT2D eigenvalue weighted by Crippen LogP contribution is 2.69. The van der Waals surface area contributed by atoms with Crippen molar-refractivity contribution in [1.29, 1.82) is 0 Å². The lowest BCUT2D eigenvalue weighted by atomic mass is 9.70. The predicted octanol–water partition coefficient (Wildman–Crippen LogP) is 4.53. The van der Waals surface area contributed by atoms with Gasteiger partial charge in [0.1, 0.15) is 28.7 Å². The zero-order valence-electron chi connectivity index (χ0n) is 23.1. The monoisotopic (exact) mass is 561 g/mol. The van der Waals surface area contributed by atoms with Gasteiger partial charge in [-0.3, -0.25) is 9.78 Å². The van der Waals surface area contributed by atoms with E-state index in [1.165, 1.54) is 7.11 Å². The van der Waals surface area contributed by atoms with Crippen molar-refractivity contribution in [1.82, 2.24) is 15.0 Å². The maximum Gasteiger partial charge on any atom is 0.255 e. The Balaban J connectivity index is 1.64. The minimum absolute atomic E-state index is 0.166. The molecule has 0 radical (unpaired) electrons. The Labute approximate surface area is 241 Å². The molecule has 0 fully saturated rings. The van der Waals surface area contributed by atoms with Crippen LogP contribution in [0.2, 0.25) is 0 Å². The first-order chi connectivity index (χ1) is 20.5. The summed E-state index contributed by atoms with van der Waals surface area (Å²) in [6, 6.07) is 25.6. The van der Waals surface area contributed by atoms with E-state index in [9.17, 15) is 9.90 Å². The molecule has 9 heteroatoms. The SMILES string of the molecule is COc1ccc(C23Oc4cc(OC)cc(OC)c4C2(O)c2nc(-c4ccccn4)[nH]c(=O)c2C3c2ccccc2)cc1. The Morgan fingerprint density at radius 3 is 2.29 bits per heavy atom. The molecule has 0 saturated carbocycles. The molecule has 0 saturated heterocycles. The first kappa shape index (κ1) is 25.8. The van der Waals surface area contributed by atoms with E-state index < -0.39 is 22.7 Å². The summed E-state index contributed by atoms with van der Waals surface area (Å²) in [4.78, 5) is 26.4. The molecule has 3 unspecified atom stereocenters. The van der Waals surface area contributed by atoms with Gasteiger partial charge in [0, 0.05) is 23.9 Å². The van der Waals surface area contributed by atoms with Crippen LogP contribution in [0.15, 0.2) is 95.9 Å². The summed E-state index contributed by atoms with van der Waals surface area (Å²) in [5.74, 6) is 1.27. The van der Waals surface area contributed by atoms with Gasteiger partial charge in [-0.15, -0.1) is 0 Å². The molecule has 0 spiro atoms. The van der Waals surface area contributed by atoms with Crippen LogP contribution < -0.4 is 24.5 Å². The maximum atomic E-state index is 14.1. The number of aromatic amines is 1. The summed E-state index contributed by atoms with van der Waals surface area (Å²) >= 11 is 0. The summed E-state index contributed by atoms with van der Waals surface area (Å²) in [6.07, 6.45) is 1.62. The fraction of sp³-hybridized carbons (Fsp3) is 0.182. The number of rotatable bonds is 6. The Morgan fingerprint density at radius 1 is 0.881 bits per heavy atom. The average Bonchev–Trinajstić information content (AvgIpc) is 3.44. The zero-order chi connectivity index (χ0) is 29.1. The Kier molecular flexibility index (Phi) is 5.81. The first-order valence-electron chi connectivity index (χ1n) is 13.4. The molecule has 210 valence electrons. The molecule has 2 aliphatic rings. The number of aliphatic hydroxyl groups is 1. The lowest BCUT2D eigenvalue weighted by Gasteiger charge is -2.40. The third-order valence-electron chi connectivity index (χ3n) is 8.22. The number of pyridine rings is 1. The van der Waals surface area contributed by atoms with Crippen molar-refractivity contribution >= 4 is 0 Å². The van der Waals surface area contributed by atoms with Gasteiger partial charge >= 0.3 is 0 Å². The highest BCUT2D eigenvalue weighted by molar-refractivity contribution is 5.69. The molecule has 5 aromatic rings. The second kappa shape index (κ2) is 9.46. The van der Waals surface area contributed by atoms with Crippen LogP contribution in [0.4, 0.5) is 0 Å². The normalized spacial score (nSPS) is 21.6. The Morgan fingerprint density at radius 2 is 1.62 bits per heavy atom. The highest BCUT2D eigenvalue weighted by atomic mass is 16.5. The van der Waals surface area contributed by atoms with Crippen LogP contribution in [-0.4, -0.2) is 41.4 Å². The standard InChI is InChI=1S/C33H27N3O6/c1-39-21-14-12-20(13-15-21)33-27(19-9-5-4-6-10-19)26-29(35-30(36-31(26)37)23-11-7-8-16-34-23)32(33,38)28-24(41-3)17-22(40-2)18-25(28)42-33/h4-18,27,38H,1-3H3,(H,35,36,37). The van der Waals surface area contributed by atoms with Crippen LogP contribution in [0, 0.1) is 0 Å². The van der Waals surface area contributed by atoms with E-state index in [1.807, 2.05) is 48.5 Å². The minimum Gasteiger partial charge on any atom is -0.497 e. The quantitative estimate of drug-likeness (QED) is 0.311. The number of aromatic nitrogens is 3. The zero-order valence-corrected chi connectivity index (χ0v) is 23.1. The number of methoxy groups -OCH3 is 3. The summed E-state index contributed by atoms with van der Waals surface area (Å²) in [6.45, 7) is 0. The van der Waals surface area contributed by atoms with Crippen molar-refractivity contribution in [2.45, 2.75) is 17.1 Å². The average molecular weight is 562 g/mol. The molecular formula is C33H27N3O6. The van der Waals surface area contributed by atoms with E-state index in [0.717, 1.165) is 5.56 Å². The fourth-order valence-corrected chi connectivity index (χ4v) is 6.45. The van der Waals surface area contributed by atoms with Crippen LogP contribution in [0.1, 0.15) is 33.9 Å². The van der Waals surface area contributed by atoms with Gasteiger partial charge < -0.3 is 29.0 Å². The molecule has 0 bridgehead atoms. The Hall–Kier alpha value is -5.15. The van der Waals surface area contributed by atoms with E-state index in [4.69, 9.17) is 23.9 Å². The highest BCUT2D eigenvalue weighted by Gasteiger charge is 2.73. The third kappa shape index (κ3) is 3.37. The molecule has 1 aliphatic heterocycles. The van der Waals surface area contributed by atoms with Gasteiger partial charge in [0.2, 0.25) is 0 Å². The molecule has 7 rings (SSSR count).